The van der Waals surface area contributed by atoms with Crippen molar-refractivity contribution in [1.82, 2.24) is 5.32 Å². The maximum absolute atomic E-state index is 4.35. The summed E-state index contributed by atoms with van der Waals surface area (Å²) in [7, 11) is 0. The summed E-state index contributed by atoms with van der Waals surface area (Å²) in [6.45, 7) is 6.95. The summed E-state index contributed by atoms with van der Waals surface area (Å²) >= 11 is 0. The zero-order valence-electron chi connectivity index (χ0n) is 9.30. The number of amidine groups is 1. The molecule has 1 aliphatic heterocycles. The normalized spacial score (nSPS) is 14.7. The fourth-order valence-electron chi connectivity index (χ4n) is 1.69. The first-order chi connectivity index (χ1) is 7.27. The first-order valence-corrected chi connectivity index (χ1v) is 5.34. The van der Waals surface area contributed by atoms with E-state index < -0.39 is 0 Å². The lowest BCUT2D eigenvalue weighted by Crippen LogP contribution is -2.26. The van der Waals surface area contributed by atoms with E-state index >= 15 is 0 Å². The zero-order valence-corrected chi connectivity index (χ0v) is 9.30. The minimum atomic E-state index is 0.796. The van der Waals surface area contributed by atoms with Gasteiger partial charge in [0.2, 0.25) is 0 Å². The molecule has 80 valence electrons. The number of aliphatic imine (C=N–C) groups is 1. The fourth-order valence-corrected chi connectivity index (χ4v) is 1.69. The van der Waals surface area contributed by atoms with Crippen LogP contribution in [0.1, 0.15) is 11.1 Å². The van der Waals surface area contributed by atoms with Crippen molar-refractivity contribution in [3.63, 3.8) is 0 Å². The highest BCUT2D eigenvalue weighted by atomic mass is 15.1. The van der Waals surface area contributed by atoms with Crippen LogP contribution in [-0.4, -0.2) is 25.5 Å². The second kappa shape index (κ2) is 4.34. The zero-order chi connectivity index (χ0) is 10.7. The summed E-state index contributed by atoms with van der Waals surface area (Å²) in [6, 6.07) is 6.32. The lowest BCUT2D eigenvalue weighted by Gasteiger charge is -2.11. The summed E-state index contributed by atoms with van der Waals surface area (Å²) < 4.78 is 0. The Bertz CT molecular complexity index is 382. The highest BCUT2D eigenvalue weighted by Gasteiger charge is 2.05. The van der Waals surface area contributed by atoms with Crippen molar-refractivity contribution in [2.75, 3.05) is 25.0 Å². The van der Waals surface area contributed by atoms with E-state index in [4.69, 9.17) is 0 Å². The van der Waals surface area contributed by atoms with E-state index in [0.717, 1.165) is 25.5 Å². The summed E-state index contributed by atoms with van der Waals surface area (Å²) in [4.78, 5) is 4.35. The van der Waals surface area contributed by atoms with E-state index in [0.29, 0.717) is 0 Å². The fraction of sp³-hybridized carbons (Fsp3) is 0.417. The summed E-state index contributed by atoms with van der Waals surface area (Å²) in [6.07, 6.45) is 0. The molecule has 0 aromatic heterocycles. The average molecular weight is 203 g/mol. The van der Waals surface area contributed by atoms with Crippen molar-refractivity contribution >= 4 is 11.5 Å². The Morgan fingerprint density at radius 1 is 1.40 bits per heavy atom. The Kier molecular flexibility index (Phi) is 2.90. The molecule has 0 bridgehead atoms. The van der Waals surface area contributed by atoms with E-state index in [2.05, 4.69) is 47.7 Å². The summed E-state index contributed by atoms with van der Waals surface area (Å²) in [5, 5.41) is 6.65. The van der Waals surface area contributed by atoms with Crippen LogP contribution in [0.15, 0.2) is 23.2 Å². The van der Waals surface area contributed by atoms with Crippen LogP contribution in [0.2, 0.25) is 0 Å². The Labute approximate surface area is 90.6 Å². The minimum absolute atomic E-state index is 0.796. The maximum Gasteiger partial charge on any atom is 0.116 e. The molecule has 1 heterocycles. The number of nitrogens with zero attached hydrogens (tertiary/aromatic N) is 1. The highest BCUT2D eigenvalue weighted by molar-refractivity contribution is 5.87. The van der Waals surface area contributed by atoms with E-state index in [-0.39, 0.29) is 0 Å². The van der Waals surface area contributed by atoms with Gasteiger partial charge < -0.3 is 10.6 Å². The standard InChI is InChI=1S/C12H17N3/c1-9-4-3-5-11(10(9)2)15-8-12-13-6-7-14-12/h3-5,15H,6-8H2,1-2H3,(H,13,14). The van der Waals surface area contributed by atoms with Crippen molar-refractivity contribution in [3.8, 4) is 0 Å². The van der Waals surface area contributed by atoms with Crippen LogP contribution in [0.5, 0.6) is 0 Å². The number of hydrogen-bond donors (Lipinski definition) is 2. The van der Waals surface area contributed by atoms with Gasteiger partial charge in [0.1, 0.15) is 5.84 Å². The van der Waals surface area contributed by atoms with Crippen LogP contribution >= 0.6 is 0 Å². The van der Waals surface area contributed by atoms with Crippen molar-refractivity contribution in [2.45, 2.75) is 13.8 Å². The van der Waals surface area contributed by atoms with Crippen LogP contribution < -0.4 is 10.6 Å². The Morgan fingerprint density at radius 2 is 2.27 bits per heavy atom. The molecule has 0 saturated carbocycles. The minimum Gasteiger partial charge on any atom is -0.378 e. The van der Waals surface area contributed by atoms with Crippen LogP contribution in [0, 0.1) is 13.8 Å². The van der Waals surface area contributed by atoms with Crippen LogP contribution in [0.3, 0.4) is 0 Å². The van der Waals surface area contributed by atoms with Gasteiger partial charge >= 0.3 is 0 Å². The van der Waals surface area contributed by atoms with Crippen LogP contribution in [0.25, 0.3) is 0 Å². The Hall–Kier alpha value is -1.51. The van der Waals surface area contributed by atoms with Crippen LogP contribution in [0.4, 0.5) is 5.69 Å². The van der Waals surface area contributed by atoms with Gasteiger partial charge in [-0.15, -0.1) is 0 Å². The molecule has 0 spiro atoms. The molecule has 1 aromatic rings. The molecule has 1 aromatic carbocycles. The van der Waals surface area contributed by atoms with Crippen LogP contribution in [-0.2, 0) is 0 Å². The number of hydrogen-bond acceptors (Lipinski definition) is 3. The summed E-state index contributed by atoms with van der Waals surface area (Å²) in [5.41, 5.74) is 3.84. The monoisotopic (exact) mass is 203 g/mol. The molecule has 0 fully saturated rings. The molecular weight excluding hydrogens is 186 g/mol. The number of benzene rings is 1. The van der Waals surface area contributed by atoms with Crippen molar-refractivity contribution < 1.29 is 0 Å². The number of aryl methyl sites for hydroxylation is 1. The van der Waals surface area contributed by atoms with Gasteiger partial charge in [0.15, 0.2) is 0 Å². The molecule has 0 atom stereocenters. The molecule has 1 aliphatic rings. The van der Waals surface area contributed by atoms with Crippen molar-refractivity contribution in [1.29, 1.82) is 0 Å². The van der Waals surface area contributed by atoms with Gasteiger partial charge in [-0.2, -0.15) is 0 Å². The Morgan fingerprint density at radius 3 is 3.00 bits per heavy atom. The third-order valence-electron chi connectivity index (χ3n) is 2.79. The number of rotatable bonds is 3. The van der Waals surface area contributed by atoms with E-state index in [1.807, 2.05) is 0 Å². The number of anilines is 1. The SMILES string of the molecule is Cc1cccc(NCC2=NCCN2)c1C. The molecular formula is C12H17N3. The van der Waals surface area contributed by atoms with Gasteiger partial charge in [-0.3, -0.25) is 4.99 Å². The van der Waals surface area contributed by atoms with E-state index in [9.17, 15) is 0 Å². The highest BCUT2D eigenvalue weighted by Crippen LogP contribution is 2.17. The molecule has 0 radical (unpaired) electrons. The predicted molar refractivity (Wildman–Crippen MR) is 64.7 cm³/mol. The topological polar surface area (TPSA) is 36.4 Å². The third kappa shape index (κ3) is 2.29. The third-order valence-corrected chi connectivity index (χ3v) is 2.79. The van der Waals surface area contributed by atoms with Gasteiger partial charge in [-0.1, -0.05) is 12.1 Å². The van der Waals surface area contributed by atoms with Gasteiger partial charge in [0.25, 0.3) is 0 Å². The first kappa shape index (κ1) is 10.0. The van der Waals surface area contributed by atoms with Crippen molar-refractivity contribution in [3.05, 3.63) is 29.3 Å². The van der Waals surface area contributed by atoms with Gasteiger partial charge in [0, 0.05) is 12.2 Å². The van der Waals surface area contributed by atoms with Crippen molar-refractivity contribution in [2.24, 2.45) is 4.99 Å². The molecule has 2 N–H and O–H groups in total. The second-order valence-corrected chi connectivity index (χ2v) is 3.86. The molecule has 0 aliphatic carbocycles. The number of nitrogens with one attached hydrogen (secondary N) is 2. The maximum atomic E-state index is 4.35. The van der Waals surface area contributed by atoms with Gasteiger partial charge in [0.05, 0.1) is 13.1 Å². The van der Waals surface area contributed by atoms with E-state index in [1.54, 1.807) is 0 Å². The molecule has 0 amide bonds. The smallest absolute Gasteiger partial charge is 0.116 e. The molecule has 2 rings (SSSR count). The lowest BCUT2D eigenvalue weighted by molar-refractivity contribution is 0.956. The second-order valence-electron chi connectivity index (χ2n) is 3.86. The molecule has 0 saturated heterocycles. The molecule has 3 nitrogen and oxygen atoms in total. The quantitative estimate of drug-likeness (QED) is 0.784. The van der Waals surface area contributed by atoms with Gasteiger partial charge in [-0.05, 0) is 31.0 Å². The molecule has 0 unspecified atom stereocenters. The largest absolute Gasteiger partial charge is 0.378 e. The first-order valence-electron chi connectivity index (χ1n) is 5.34. The average Bonchev–Trinajstić information content (AvgIpc) is 2.73. The van der Waals surface area contributed by atoms with Gasteiger partial charge in [-0.25, -0.2) is 0 Å². The predicted octanol–water partition coefficient (Wildman–Crippen LogP) is 1.72. The summed E-state index contributed by atoms with van der Waals surface area (Å²) in [5.74, 6) is 1.07. The molecule has 3 heteroatoms. The molecule has 15 heavy (non-hydrogen) atoms. The Balaban J connectivity index is 2.01. The van der Waals surface area contributed by atoms with E-state index in [1.165, 1.54) is 16.8 Å². The lowest BCUT2D eigenvalue weighted by atomic mass is 10.1.